The van der Waals surface area contributed by atoms with Crippen LogP contribution >= 0.6 is 0 Å². The van der Waals surface area contributed by atoms with Gasteiger partial charge in [0.15, 0.2) is 0 Å². The number of anilines is 2. The zero-order valence-corrected chi connectivity index (χ0v) is 12.4. The third-order valence-corrected chi connectivity index (χ3v) is 4.29. The van der Waals surface area contributed by atoms with E-state index in [2.05, 4.69) is 17.6 Å². The highest BCUT2D eigenvalue weighted by molar-refractivity contribution is 6.00. The third-order valence-electron chi connectivity index (χ3n) is 4.29. The molecule has 4 nitrogen and oxygen atoms in total. The molecule has 4 heteroatoms. The number of benzene rings is 1. The SMILES string of the molecule is CCC1CCCCC1Nc1cc(N)ccc1C(=O)NC. The average Bonchev–Trinajstić information content (AvgIpc) is 2.47. The summed E-state index contributed by atoms with van der Waals surface area (Å²) in [6, 6.07) is 5.87. The fourth-order valence-corrected chi connectivity index (χ4v) is 3.10. The van der Waals surface area contributed by atoms with E-state index in [1.54, 1.807) is 19.2 Å². The smallest absolute Gasteiger partial charge is 0.253 e. The van der Waals surface area contributed by atoms with Crippen molar-refractivity contribution < 1.29 is 4.79 Å². The molecule has 0 bridgehead atoms. The summed E-state index contributed by atoms with van der Waals surface area (Å²) in [6.07, 6.45) is 6.18. The molecule has 1 fully saturated rings. The molecular formula is C16H25N3O. The molecule has 20 heavy (non-hydrogen) atoms. The number of nitrogen functional groups attached to an aromatic ring is 1. The summed E-state index contributed by atoms with van der Waals surface area (Å²) in [5, 5.41) is 6.25. The molecule has 1 aliphatic rings. The second kappa shape index (κ2) is 6.64. The topological polar surface area (TPSA) is 67.1 Å². The first-order chi connectivity index (χ1) is 9.65. The first-order valence-electron chi connectivity index (χ1n) is 7.53. The van der Waals surface area contributed by atoms with E-state index < -0.39 is 0 Å². The molecule has 0 saturated heterocycles. The molecule has 0 heterocycles. The Morgan fingerprint density at radius 1 is 1.35 bits per heavy atom. The summed E-state index contributed by atoms with van der Waals surface area (Å²) in [7, 11) is 1.65. The van der Waals surface area contributed by atoms with Crippen molar-refractivity contribution in [3.05, 3.63) is 23.8 Å². The van der Waals surface area contributed by atoms with Gasteiger partial charge in [-0.05, 0) is 37.0 Å². The van der Waals surface area contributed by atoms with Crippen molar-refractivity contribution in [2.24, 2.45) is 5.92 Å². The molecule has 4 N–H and O–H groups in total. The van der Waals surface area contributed by atoms with Gasteiger partial charge >= 0.3 is 0 Å². The van der Waals surface area contributed by atoms with Crippen LogP contribution in [0.4, 0.5) is 11.4 Å². The molecule has 1 saturated carbocycles. The molecular weight excluding hydrogens is 250 g/mol. The van der Waals surface area contributed by atoms with Gasteiger partial charge in [0, 0.05) is 24.5 Å². The predicted molar refractivity (Wildman–Crippen MR) is 83.9 cm³/mol. The maximum Gasteiger partial charge on any atom is 0.253 e. The zero-order valence-electron chi connectivity index (χ0n) is 12.4. The molecule has 110 valence electrons. The van der Waals surface area contributed by atoms with Crippen molar-refractivity contribution in [3.63, 3.8) is 0 Å². The summed E-state index contributed by atoms with van der Waals surface area (Å²) >= 11 is 0. The minimum atomic E-state index is -0.0728. The Morgan fingerprint density at radius 2 is 2.10 bits per heavy atom. The minimum absolute atomic E-state index is 0.0728. The van der Waals surface area contributed by atoms with Gasteiger partial charge in [0.1, 0.15) is 0 Å². The van der Waals surface area contributed by atoms with Gasteiger partial charge in [0.25, 0.3) is 5.91 Å². The highest BCUT2D eigenvalue weighted by atomic mass is 16.1. The lowest BCUT2D eigenvalue weighted by atomic mass is 9.82. The van der Waals surface area contributed by atoms with Gasteiger partial charge < -0.3 is 16.4 Å². The predicted octanol–water partition coefficient (Wildman–Crippen LogP) is 3.01. The number of amides is 1. The standard InChI is InChI=1S/C16H25N3O/c1-3-11-6-4-5-7-14(11)19-15-10-12(17)8-9-13(15)16(20)18-2/h8-11,14,19H,3-7,17H2,1-2H3,(H,18,20). The zero-order chi connectivity index (χ0) is 14.5. The largest absolute Gasteiger partial charge is 0.399 e. The highest BCUT2D eigenvalue weighted by Crippen LogP contribution is 2.31. The number of hydrogen-bond acceptors (Lipinski definition) is 3. The molecule has 0 aromatic heterocycles. The van der Waals surface area contributed by atoms with Crippen LogP contribution in [0, 0.1) is 5.92 Å². The van der Waals surface area contributed by atoms with Crippen LogP contribution in [0.25, 0.3) is 0 Å². The van der Waals surface area contributed by atoms with E-state index in [9.17, 15) is 4.79 Å². The number of hydrogen-bond donors (Lipinski definition) is 3. The summed E-state index contributed by atoms with van der Waals surface area (Å²) < 4.78 is 0. The van der Waals surface area contributed by atoms with E-state index in [4.69, 9.17) is 5.73 Å². The van der Waals surface area contributed by atoms with Gasteiger partial charge in [-0.3, -0.25) is 4.79 Å². The molecule has 1 aromatic rings. The Bertz CT molecular complexity index is 473. The highest BCUT2D eigenvalue weighted by Gasteiger charge is 2.24. The Hall–Kier alpha value is -1.71. The van der Waals surface area contributed by atoms with E-state index in [0.29, 0.717) is 23.2 Å². The molecule has 0 spiro atoms. The summed E-state index contributed by atoms with van der Waals surface area (Å²) in [6.45, 7) is 2.24. The average molecular weight is 275 g/mol. The van der Waals surface area contributed by atoms with Crippen LogP contribution in [0.1, 0.15) is 49.4 Å². The molecule has 1 aliphatic carbocycles. The van der Waals surface area contributed by atoms with Crippen LogP contribution in [-0.2, 0) is 0 Å². The van der Waals surface area contributed by atoms with E-state index in [1.807, 2.05) is 6.07 Å². The molecule has 0 aliphatic heterocycles. The minimum Gasteiger partial charge on any atom is -0.399 e. The lowest BCUT2D eigenvalue weighted by Crippen LogP contribution is -2.33. The van der Waals surface area contributed by atoms with Crippen molar-refractivity contribution in [1.29, 1.82) is 0 Å². The van der Waals surface area contributed by atoms with Gasteiger partial charge in [-0.2, -0.15) is 0 Å². The Kier molecular flexibility index (Phi) is 4.88. The first kappa shape index (κ1) is 14.7. The Balaban J connectivity index is 2.22. The van der Waals surface area contributed by atoms with Gasteiger partial charge in [-0.25, -0.2) is 0 Å². The van der Waals surface area contributed by atoms with E-state index in [0.717, 1.165) is 5.69 Å². The fourth-order valence-electron chi connectivity index (χ4n) is 3.10. The lowest BCUT2D eigenvalue weighted by Gasteiger charge is -2.33. The number of nitrogens with two attached hydrogens (primary N) is 1. The van der Waals surface area contributed by atoms with E-state index in [-0.39, 0.29) is 5.91 Å². The molecule has 2 unspecified atom stereocenters. The summed E-state index contributed by atoms with van der Waals surface area (Å²) in [4.78, 5) is 11.9. The van der Waals surface area contributed by atoms with Crippen LogP contribution in [0.2, 0.25) is 0 Å². The van der Waals surface area contributed by atoms with Crippen LogP contribution in [0.15, 0.2) is 18.2 Å². The van der Waals surface area contributed by atoms with Crippen molar-refractivity contribution in [2.45, 2.75) is 45.1 Å². The van der Waals surface area contributed by atoms with Crippen LogP contribution in [-0.4, -0.2) is 19.0 Å². The number of nitrogens with one attached hydrogen (secondary N) is 2. The summed E-state index contributed by atoms with van der Waals surface area (Å²) in [5.41, 5.74) is 8.08. The lowest BCUT2D eigenvalue weighted by molar-refractivity contribution is 0.0964. The molecule has 1 amide bonds. The summed E-state index contributed by atoms with van der Waals surface area (Å²) in [5.74, 6) is 0.610. The Labute approximate surface area is 121 Å². The quantitative estimate of drug-likeness (QED) is 0.740. The molecule has 2 rings (SSSR count). The normalized spacial score (nSPS) is 22.3. The van der Waals surface area contributed by atoms with Crippen molar-refractivity contribution >= 4 is 17.3 Å². The molecule has 2 atom stereocenters. The molecule has 0 radical (unpaired) electrons. The van der Waals surface area contributed by atoms with Crippen molar-refractivity contribution in [1.82, 2.24) is 5.32 Å². The van der Waals surface area contributed by atoms with Crippen molar-refractivity contribution in [2.75, 3.05) is 18.1 Å². The third kappa shape index (κ3) is 3.24. The van der Waals surface area contributed by atoms with Crippen LogP contribution < -0.4 is 16.4 Å². The van der Waals surface area contributed by atoms with E-state index >= 15 is 0 Å². The maximum absolute atomic E-state index is 11.9. The van der Waals surface area contributed by atoms with Gasteiger partial charge in [0.2, 0.25) is 0 Å². The first-order valence-corrected chi connectivity index (χ1v) is 7.53. The number of rotatable bonds is 4. The van der Waals surface area contributed by atoms with Crippen molar-refractivity contribution in [3.8, 4) is 0 Å². The number of carbonyl (C=O) groups excluding carboxylic acids is 1. The number of carbonyl (C=O) groups is 1. The monoisotopic (exact) mass is 275 g/mol. The second-order valence-corrected chi connectivity index (χ2v) is 5.59. The van der Waals surface area contributed by atoms with Gasteiger partial charge in [-0.15, -0.1) is 0 Å². The molecule has 1 aromatic carbocycles. The second-order valence-electron chi connectivity index (χ2n) is 5.59. The maximum atomic E-state index is 11.9. The van der Waals surface area contributed by atoms with E-state index in [1.165, 1.54) is 32.1 Å². The Morgan fingerprint density at radius 3 is 2.80 bits per heavy atom. The van der Waals surface area contributed by atoms with Crippen LogP contribution in [0.5, 0.6) is 0 Å². The van der Waals surface area contributed by atoms with Gasteiger partial charge in [-0.1, -0.05) is 26.2 Å². The van der Waals surface area contributed by atoms with Gasteiger partial charge in [0.05, 0.1) is 5.56 Å². The fraction of sp³-hybridized carbons (Fsp3) is 0.562. The van der Waals surface area contributed by atoms with Crippen LogP contribution in [0.3, 0.4) is 0 Å².